The molecule has 2 fully saturated rings. The zero-order chi connectivity index (χ0) is 16.2. The average molecular weight is 319 g/mol. The van der Waals surface area contributed by atoms with Crippen molar-refractivity contribution in [2.45, 2.75) is 25.4 Å². The molecule has 0 N–H and O–H groups in total. The average Bonchev–Trinajstić information content (AvgIpc) is 3.05. The fraction of sp³-hybridized carbons (Fsp3) is 0.714. The van der Waals surface area contributed by atoms with Crippen molar-refractivity contribution in [2.24, 2.45) is 0 Å². The van der Waals surface area contributed by atoms with Gasteiger partial charge in [-0.3, -0.25) is 14.5 Å². The molecule has 0 aromatic carbocycles. The first-order valence-corrected chi connectivity index (χ1v) is 7.37. The summed E-state index contributed by atoms with van der Waals surface area (Å²) in [7, 11) is 0. The van der Waals surface area contributed by atoms with Gasteiger partial charge in [0, 0.05) is 19.2 Å². The molecule has 0 unspecified atom stereocenters. The van der Waals surface area contributed by atoms with E-state index in [-0.39, 0.29) is 19.1 Å². The van der Waals surface area contributed by atoms with E-state index >= 15 is 0 Å². The normalized spacial score (nSPS) is 20.6. The van der Waals surface area contributed by atoms with Gasteiger partial charge >= 0.3 is 6.18 Å². The van der Waals surface area contributed by atoms with Gasteiger partial charge < -0.3 is 9.80 Å². The number of carbonyl (C=O) groups is 2. The molecule has 8 heteroatoms. The molecule has 2 saturated heterocycles. The molecule has 2 heterocycles. The lowest BCUT2D eigenvalue weighted by molar-refractivity contribution is -0.142. The summed E-state index contributed by atoms with van der Waals surface area (Å²) < 4.78 is 36.5. The smallest absolute Gasteiger partial charge is 0.323 e. The Morgan fingerprint density at radius 3 is 2.55 bits per heavy atom. The molecule has 0 bridgehead atoms. The Bertz CT molecular complexity index is 445. The van der Waals surface area contributed by atoms with Crippen LogP contribution in [-0.2, 0) is 9.59 Å². The van der Waals surface area contributed by atoms with Crippen molar-refractivity contribution >= 4 is 11.8 Å². The van der Waals surface area contributed by atoms with Gasteiger partial charge in [0.1, 0.15) is 6.54 Å². The number of hydrogen-bond donors (Lipinski definition) is 0. The summed E-state index contributed by atoms with van der Waals surface area (Å²) >= 11 is 0. The predicted molar refractivity (Wildman–Crippen MR) is 73.8 cm³/mol. The van der Waals surface area contributed by atoms with Crippen LogP contribution in [0.15, 0.2) is 12.2 Å². The van der Waals surface area contributed by atoms with Crippen molar-refractivity contribution in [1.82, 2.24) is 14.7 Å². The highest BCUT2D eigenvalue weighted by Crippen LogP contribution is 2.21. The van der Waals surface area contributed by atoms with E-state index in [0.29, 0.717) is 6.54 Å². The summed E-state index contributed by atoms with van der Waals surface area (Å²) in [5, 5.41) is 0. The second-order valence-electron chi connectivity index (χ2n) is 5.61. The molecule has 2 amide bonds. The molecule has 0 aromatic rings. The number of amides is 2. The van der Waals surface area contributed by atoms with Crippen LogP contribution in [0.1, 0.15) is 19.3 Å². The highest BCUT2D eigenvalue weighted by atomic mass is 19.4. The molecule has 0 aliphatic carbocycles. The first-order chi connectivity index (χ1) is 10.3. The molecule has 2 aliphatic heterocycles. The number of carbonyl (C=O) groups excluding carboxylic acids is 2. The van der Waals surface area contributed by atoms with E-state index in [1.807, 2.05) is 0 Å². The monoisotopic (exact) mass is 319 g/mol. The molecular formula is C14H20F3N3O2. The van der Waals surface area contributed by atoms with Crippen molar-refractivity contribution in [1.29, 1.82) is 0 Å². The van der Waals surface area contributed by atoms with E-state index in [4.69, 9.17) is 0 Å². The fourth-order valence-electron chi connectivity index (χ4n) is 2.58. The molecule has 0 atom stereocenters. The van der Waals surface area contributed by atoms with E-state index in [0.717, 1.165) is 30.8 Å². The Balaban J connectivity index is 1.76. The van der Waals surface area contributed by atoms with Gasteiger partial charge in [0.15, 0.2) is 0 Å². The second-order valence-corrected chi connectivity index (χ2v) is 5.61. The Morgan fingerprint density at radius 2 is 1.91 bits per heavy atom. The quantitative estimate of drug-likeness (QED) is 0.716. The number of hydrogen-bond acceptors (Lipinski definition) is 3. The fourth-order valence-corrected chi connectivity index (χ4v) is 2.58. The number of rotatable bonds is 5. The summed E-state index contributed by atoms with van der Waals surface area (Å²) in [6.07, 6.45) is 0.126. The van der Waals surface area contributed by atoms with Crippen LogP contribution >= 0.6 is 0 Å². The predicted octanol–water partition coefficient (Wildman–Crippen LogP) is 1.22. The van der Waals surface area contributed by atoms with Crippen LogP contribution in [0.25, 0.3) is 0 Å². The Hall–Kier alpha value is -1.57. The Labute approximate surface area is 127 Å². The zero-order valence-corrected chi connectivity index (χ0v) is 12.3. The van der Waals surface area contributed by atoms with E-state index in [1.54, 1.807) is 6.08 Å². The van der Waals surface area contributed by atoms with E-state index < -0.39 is 25.0 Å². The first kappa shape index (κ1) is 16.8. The van der Waals surface area contributed by atoms with Gasteiger partial charge in [0.25, 0.3) is 0 Å². The third kappa shape index (κ3) is 5.01. The highest BCUT2D eigenvalue weighted by molar-refractivity contribution is 5.93. The first-order valence-electron chi connectivity index (χ1n) is 7.37. The Morgan fingerprint density at radius 1 is 1.23 bits per heavy atom. The molecule has 5 nitrogen and oxygen atoms in total. The van der Waals surface area contributed by atoms with Crippen LogP contribution in [0.2, 0.25) is 0 Å². The van der Waals surface area contributed by atoms with Crippen LogP contribution < -0.4 is 0 Å². The van der Waals surface area contributed by atoms with Crippen LogP contribution in [0.3, 0.4) is 0 Å². The van der Waals surface area contributed by atoms with Crippen LogP contribution in [0.4, 0.5) is 13.2 Å². The van der Waals surface area contributed by atoms with Crippen molar-refractivity contribution < 1.29 is 22.8 Å². The lowest BCUT2D eigenvalue weighted by Crippen LogP contribution is -2.32. The summed E-state index contributed by atoms with van der Waals surface area (Å²) in [5.41, 5.74) is 0. The minimum Gasteiger partial charge on any atom is -0.323 e. The van der Waals surface area contributed by atoms with Crippen molar-refractivity contribution in [3.63, 3.8) is 0 Å². The lowest BCUT2D eigenvalue weighted by Gasteiger charge is -2.18. The van der Waals surface area contributed by atoms with Gasteiger partial charge in [-0.15, -0.1) is 0 Å². The minimum atomic E-state index is -4.30. The molecule has 124 valence electrons. The molecule has 0 spiro atoms. The summed E-state index contributed by atoms with van der Waals surface area (Å²) in [6, 6.07) is 0. The number of alkyl halides is 3. The minimum absolute atomic E-state index is 0.0677. The maximum absolute atomic E-state index is 12.2. The van der Waals surface area contributed by atoms with E-state index in [9.17, 15) is 22.8 Å². The number of likely N-dealkylation sites (tertiary alicyclic amines) is 1. The van der Waals surface area contributed by atoms with E-state index in [1.165, 1.54) is 11.0 Å². The van der Waals surface area contributed by atoms with Gasteiger partial charge in [0.05, 0.1) is 13.1 Å². The third-order valence-electron chi connectivity index (χ3n) is 3.82. The molecule has 0 saturated carbocycles. The second kappa shape index (κ2) is 7.13. The lowest BCUT2D eigenvalue weighted by atomic mass is 10.4. The standard InChI is InChI=1S/C14H20F3N3O2/c15-14(16,17)5-9-19-11-20(10-13(19)22)12(21)4-3-8-18-6-1-2-7-18/h3-4H,1-2,5-11H2/b4-3+. The van der Waals surface area contributed by atoms with E-state index in [2.05, 4.69) is 4.90 Å². The molecule has 22 heavy (non-hydrogen) atoms. The van der Waals surface area contributed by atoms with Gasteiger partial charge in [0.2, 0.25) is 11.8 Å². The van der Waals surface area contributed by atoms with Crippen molar-refractivity contribution in [2.75, 3.05) is 39.4 Å². The summed E-state index contributed by atoms with van der Waals surface area (Å²) in [5.74, 6) is -0.771. The third-order valence-corrected chi connectivity index (χ3v) is 3.82. The van der Waals surface area contributed by atoms with Crippen molar-refractivity contribution in [3.05, 3.63) is 12.2 Å². The SMILES string of the molecule is O=C(/C=C/CN1CCCC1)N1CC(=O)N(CCC(F)(F)F)C1. The van der Waals surface area contributed by atoms with Gasteiger partial charge in [-0.25, -0.2) is 0 Å². The van der Waals surface area contributed by atoms with Gasteiger partial charge in [-0.2, -0.15) is 13.2 Å². The largest absolute Gasteiger partial charge is 0.390 e. The molecule has 2 rings (SSSR count). The topological polar surface area (TPSA) is 43.9 Å². The zero-order valence-electron chi connectivity index (χ0n) is 12.3. The van der Waals surface area contributed by atoms with Crippen LogP contribution in [0, 0.1) is 0 Å². The summed E-state index contributed by atoms with van der Waals surface area (Å²) in [6.45, 7) is 2.11. The van der Waals surface area contributed by atoms with Gasteiger partial charge in [-0.1, -0.05) is 6.08 Å². The summed E-state index contributed by atoms with van der Waals surface area (Å²) in [4.78, 5) is 28.1. The Kier molecular flexibility index (Phi) is 5.44. The number of nitrogens with zero attached hydrogens (tertiary/aromatic N) is 3. The molecule has 0 aromatic heterocycles. The molecule has 2 aliphatic rings. The molecular weight excluding hydrogens is 299 g/mol. The highest BCUT2D eigenvalue weighted by Gasteiger charge is 2.34. The number of halogens is 3. The maximum atomic E-state index is 12.2. The van der Waals surface area contributed by atoms with Crippen molar-refractivity contribution in [3.8, 4) is 0 Å². The van der Waals surface area contributed by atoms with Crippen LogP contribution in [-0.4, -0.2) is 72.1 Å². The molecule has 0 radical (unpaired) electrons. The van der Waals surface area contributed by atoms with Gasteiger partial charge in [-0.05, 0) is 25.9 Å². The van der Waals surface area contributed by atoms with Crippen LogP contribution in [0.5, 0.6) is 0 Å². The maximum Gasteiger partial charge on any atom is 0.390 e.